The molecule has 9 nitrogen and oxygen atoms in total. The van der Waals surface area contributed by atoms with Crippen molar-refractivity contribution in [3.05, 3.63) is 93.1 Å². The van der Waals surface area contributed by atoms with E-state index in [-0.39, 0.29) is 29.4 Å². The van der Waals surface area contributed by atoms with Crippen molar-refractivity contribution in [3.63, 3.8) is 0 Å². The zero-order valence-corrected chi connectivity index (χ0v) is 15.9. The summed E-state index contributed by atoms with van der Waals surface area (Å²) in [6.07, 6.45) is 4.19. The Morgan fingerprint density at radius 3 is 2.79 bits per heavy atom. The van der Waals surface area contributed by atoms with E-state index in [1.807, 2.05) is 17.5 Å². The molecule has 1 amide bonds. The highest BCUT2D eigenvalue weighted by Crippen LogP contribution is 2.25. The molecule has 0 aliphatic heterocycles. The van der Waals surface area contributed by atoms with E-state index in [1.54, 1.807) is 29.4 Å². The molecule has 4 aromatic rings. The first-order valence-corrected chi connectivity index (χ1v) is 9.47. The first kappa shape index (κ1) is 18.6. The second-order valence-electron chi connectivity index (χ2n) is 6.12. The first-order chi connectivity index (χ1) is 14.1. The van der Waals surface area contributed by atoms with Crippen LogP contribution in [0, 0.1) is 10.1 Å². The zero-order valence-electron chi connectivity index (χ0n) is 15.0. The fraction of sp³-hybridized carbons (Fsp3) is 0.105. The molecule has 3 aromatic heterocycles. The van der Waals surface area contributed by atoms with Crippen LogP contribution in [-0.2, 0) is 13.1 Å². The molecule has 0 aliphatic carbocycles. The fourth-order valence-electron chi connectivity index (χ4n) is 2.89. The third-order valence-corrected chi connectivity index (χ3v) is 5.09. The number of hydrogen-bond acceptors (Lipinski definition) is 7. The Hall–Kier alpha value is -3.79. The molecule has 10 heteroatoms. The van der Waals surface area contributed by atoms with Crippen LogP contribution in [0.3, 0.4) is 0 Å². The topological polar surface area (TPSA) is 107 Å². The Morgan fingerprint density at radius 1 is 1.24 bits per heavy atom. The number of aromatic nitrogens is 3. The van der Waals surface area contributed by atoms with E-state index in [0.29, 0.717) is 12.3 Å². The van der Waals surface area contributed by atoms with E-state index < -0.39 is 4.92 Å². The summed E-state index contributed by atoms with van der Waals surface area (Å²) in [5, 5.41) is 17.4. The van der Waals surface area contributed by atoms with Gasteiger partial charge in [-0.3, -0.25) is 14.9 Å². The van der Waals surface area contributed by atoms with Gasteiger partial charge < -0.3 is 9.32 Å². The van der Waals surface area contributed by atoms with Gasteiger partial charge in [-0.15, -0.1) is 11.3 Å². The number of rotatable bonds is 7. The van der Waals surface area contributed by atoms with Gasteiger partial charge in [0.2, 0.25) is 0 Å². The van der Waals surface area contributed by atoms with Crippen molar-refractivity contribution in [2.75, 3.05) is 0 Å². The van der Waals surface area contributed by atoms with Crippen LogP contribution in [0.1, 0.15) is 21.0 Å². The number of furan rings is 1. The van der Waals surface area contributed by atoms with E-state index in [0.717, 1.165) is 4.88 Å². The van der Waals surface area contributed by atoms with Crippen LogP contribution < -0.4 is 0 Å². The van der Waals surface area contributed by atoms with Crippen LogP contribution in [-0.4, -0.2) is 30.5 Å². The highest BCUT2D eigenvalue weighted by Gasteiger charge is 2.23. The minimum absolute atomic E-state index is 0.212. The summed E-state index contributed by atoms with van der Waals surface area (Å²) in [5.41, 5.74) is 0.221. The van der Waals surface area contributed by atoms with Crippen LogP contribution >= 0.6 is 11.3 Å². The monoisotopic (exact) mass is 409 g/mol. The number of carbonyl (C=O) groups excluding carboxylic acids is 1. The maximum absolute atomic E-state index is 13.2. The summed E-state index contributed by atoms with van der Waals surface area (Å²) >= 11 is 1.53. The van der Waals surface area contributed by atoms with Gasteiger partial charge in [0.1, 0.15) is 24.1 Å². The van der Waals surface area contributed by atoms with Gasteiger partial charge in [0.05, 0.1) is 24.3 Å². The third kappa shape index (κ3) is 4.06. The lowest BCUT2D eigenvalue weighted by molar-refractivity contribution is -0.384. The molecule has 0 radical (unpaired) electrons. The van der Waals surface area contributed by atoms with Crippen molar-refractivity contribution in [2.24, 2.45) is 0 Å². The number of hydrogen-bond donors (Lipinski definition) is 0. The van der Waals surface area contributed by atoms with E-state index in [9.17, 15) is 14.9 Å². The number of benzene rings is 1. The predicted molar refractivity (Wildman–Crippen MR) is 105 cm³/mol. The summed E-state index contributed by atoms with van der Waals surface area (Å²) in [5.74, 6) is 0.298. The van der Waals surface area contributed by atoms with Crippen molar-refractivity contribution in [1.82, 2.24) is 19.7 Å². The molecular weight excluding hydrogens is 394 g/mol. The van der Waals surface area contributed by atoms with Crippen LogP contribution in [0.4, 0.5) is 5.69 Å². The quantitative estimate of drug-likeness (QED) is 0.340. The minimum atomic E-state index is -0.538. The number of amides is 1. The fourth-order valence-corrected chi connectivity index (χ4v) is 3.61. The molecule has 0 saturated heterocycles. The lowest BCUT2D eigenvalue weighted by Crippen LogP contribution is -2.29. The Balaban J connectivity index is 1.67. The average Bonchev–Trinajstić information content (AvgIpc) is 3.49. The lowest BCUT2D eigenvalue weighted by Gasteiger charge is -2.21. The van der Waals surface area contributed by atoms with Gasteiger partial charge in [0, 0.05) is 16.5 Å². The Kier molecular flexibility index (Phi) is 5.16. The molecule has 0 N–H and O–H groups in total. The lowest BCUT2D eigenvalue weighted by atomic mass is 10.1. The van der Waals surface area contributed by atoms with Gasteiger partial charge in [-0.05, 0) is 35.7 Å². The normalized spacial score (nSPS) is 10.8. The van der Waals surface area contributed by atoms with Gasteiger partial charge in [-0.1, -0.05) is 6.07 Å². The summed E-state index contributed by atoms with van der Waals surface area (Å²) in [4.78, 5) is 30.7. The Labute approximate surface area is 169 Å². The SMILES string of the molecule is O=C(c1ccc(-n2cncn2)c([N+](=O)[O-])c1)N(Cc1ccco1)Cc1cccs1. The molecule has 0 unspecified atom stereocenters. The van der Waals surface area contributed by atoms with Crippen molar-refractivity contribution in [3.8, 4) is 5.69 Å². The van der Waals surface area contributed by atoms with Crippen LogP contribution in [0.2, 0.25) is 0 Å². The number of nitro benzene ring substituents is 1. The third-order valence-electron chi connectivity index (χ3n) is 4.23. The standard InChI is InChI=1S/C19H15N5O4S/c25-19(22(10-15-3-1-7-28-15)11-16-4-2-8-29-16)14-5-6-17(18(9-14)24(26)27)23-13-20-12-21-23/h1-9,12-13H,10-11H2. The molecule has 0 saturated carbocycles. The average molecular weight is 409 g/mol. The smallest absolute Gasteiger partial charge is 0.295 e. The van der Waals surface area contributed by atoms with E-state index in [2.05, 4.69) is 10.1 Å². The summed E-state index contributed by atoms with van der Waals surface area (Å²) < 4.78 is 6.67. The highest BCUT2D eigenvalue weighted by molar-refractivity contribution is 7.09. The van der Waals surface area contributed by atoms with Crippen molar-refractivity contribution < 1.29 is 14.1 Å². The maximum Gasteiger partial charge on any atom is 0.295 e. The van der Waals surface area contributed by atoms with E-state index in [1.165, 1.54) is 40.8 Å². The summed E-state index contributed by atoms with van der Waals surface area (Å²) in [6, 6.07) is 11.7. The zero-order chi connectivity index (χ0) is 20.2. The molecule has 0 spiro atoms. The molecule has 29 heavy (non-hydrogen) atoms. The van der Waals surface area contributed by atoms with Gasteiger partial charge in [-0.2, -0.15) is 5.10 Å². The summed E-state index contributed by atoms with van der Waals surface area (Å²) in [6.45, 7) is 0.623. The molecule has 0 bridgehead atoms. The number of nitrogens with zero attached hydrogens (tertiary/aromatic N) is 5. The largest absolute Gasteiger partial charge is 0.467 e. The number of nitro groups is 1. The Morgan fingerprint density at radius 2 is 2.14 bits per heavy atom. The predicted octanol–water partition coefficient (Wildman–Crippen LogP) is 3.67. The molecule has 1 aromatic carbocycles. The van der Waals surface area contributed by atoms with Crippen LogP contribution in [0.25, 0.3) is 5.69 Å². The van der Waals surface area contributed by atoms with Crippen LogP contribution in [0.15, 0.2) is 71.2 Å². The summed E-state index contributed by atoms with van der Waals surface area (Å²) in [7, 11) is 0. The number of thiophene rings is 1. The van der Waals surface area contributed by atoms with Gasteiger partial charge >= 0.3 is 0 Å². The van der Waals surface area contributed by atoms with Gasteiger partial charge in [-0.25, -0.2) is 9.67 Å². The van der Waals surface area contributed by atoms with Crippen molar-refractivity contribution in [1.29, 1.82) is 0 Å². The van der Waals surface area contributed by atoms with Gasteiger partial charge in [0.25, 0.3) is 11.6 Å². The minimum Gasteiger partial charge on any atom is -0.467 e. The molecule has 0 fully saturated rings. The maximum atomic E-state index is 13.2. The highest BCUT2D eigenvalue weighted by atomic mass is 32.1. The van der Waals surface area contributed by atoms with Crippen molar-refractivity contribution >= 4 is 22.9 Å². The molecule has 0 atom stereocenters. The number of carbonyl (C=O) groups is 1. The van der Waals surface area contributed by atoms with Crippen molar-refractivity contribution in [2.45, 2.75) is 13.1 Å². The van der Waals surface area contributed by atoms with Gasteiger partial charge in [0.15, 0.2) is 0 Å². The van der Waals surface area contributed by atoms with Crippen LogP contribution in [0.5, 0.6) is 0 Å². The second kappa shape index (κ2) is 8.07. The molecular formula is C19H15N5O4S. The van der Waals surface area contributed by atoms with E-state index in [4.69, 9.17) is 4.42 Å². The molecule has 146 valence electrons. The van der Waals surface area contributed by atoms with E-state index >= 15 is 0 Å². The first-order valence-electron chi connectivity index (χ1n) is 8.59. The molecule has 4 rings (SSSR count). The molecule has 3 heterocycles. The second-order valence-corrected chi connectivity index (χ2v) is 7.15. The molecule has 0 aliphatic rings. The Bertz CT molecular complexity index is 1070.